The normalized spacial score (nSPS) is 10.4. The molecule has 3 nitrogen and oxygen atoms in total. The van der Waals surface area contributed by atoms with Crippen LogP contribution >= 0.6 is 0 Å². The lowest BCUT2D eigenvalue weighted by Gasteiger charge is -2.07. The average molecular weight is 193 g/mol. The number of hydrogen-bond acceptors (Lipinski definition) is 3. The molecule has 1 aromatic heterocycles. The number of aryl methyl sites for hydroxylation is 1. The molecule has 0 radical (unpaired) electrons. The van der Waals surface area contributed by atoms with E-state index in [-0.39, 0.29) is 11.7 Å². The van der Waals surface area contributed by atoms with Crippen LogP contribution in [-0.4, -0.2) is 17.9 Å². The van der Waals surface area contributed by atoms with Gasteiger partial charge in [0.1, 0.15) is 0 Å². The van der Waals surface area contributed by atoms with Crippen molar-refractivity contribution in [3.05, 3.63) is 23.4 Å². The smallest absolute Gasteiger partial charge is 0.215 e. The Balaban J connectivity index is 3.03. The van der Waals surface area contributed by atoms with Crippen LogP contribution in [0.5, 0.6) is 5.88 Å². The highest BCUT2D eigenvalue weighted by Crippen LogP contribution is 2.16. The van der Waals surface area contributed by atoms with Crippen molar-refractivity contribution in [1.82, 2.24) is 4.98 Å². The maximum absolute atomic E-state index is 11.6. The maximum atomic E-state index is 11.6. The lowest BCUT2D eigenvalue weighted by atomic mass is 10.0. The fourth-order valence-electron chi connectivity index (χ4n) is 1.24. The van der Waals surface area contributed by atoms with Gasteiger partial charge >= 0.3 is 0 Å². The first-order valence-corrected chi connectivity index (χ1v) is 4.61. The molecule has 1 aromatic rings. The van der Waals surface area contributed by atoms with E-state index in [2.05, 4.69) is 4.98 Å². The molecule has 0 atom stereocenters. The topological polar surface area (TPSA) is 39.2 Å². The van der Waals surface area contributed by atoms with Gasteiger partial charge in [0.2, 0.25) is 5.88 Å². The lowest BCUT2D eigenvalue weighted by Crippen LogP contribution is -2.08. The number of nitrogens with zero attached hydrogens (tertiary/aromatic N) is 1. The molecule has 76 valence electrons. The highest BCUT2D eigenvalue weighted by Gasteiger charge is 2.12. The molecule has 3 heteroatoms. The Hall–Kier alpha value is -1.38. The summed E-state index contributed by atoms with van der Waals surface area (Å²) >= 11 is 0. The Bertz CT molecular complexity index is 345. The molecule has 0 saturated carbocycles. The van der Waals surface area contributed by atoms with E-state index >= 15 is 0 Å². The first-order valence-electron chi connectivity index (χ1n) is 4.61. The number of ketones is 1. The Morgan fingerprint density at radius 1 is 1.50 bits per heavy atom. The van der Waals surface area contributed by atoms with Crippen LogP contribution in [-0.2, 0) is 0 Å². The number of Topliss-reactive ketones (excluding diaryl/α,β-unsaturated/α-hetero) is 1. The van der Waals surface area contributed by atoms with Crippen molar-refractivity contribution in [2.45, 2.75) is 20.8 Å². The Morgan fingerprint density at radius 3 is 2.57 bits per heavy atom. The number of ether oxygens (including phenoxy) is 1. The van der Waals surface area contributed by atoms with Crippen LogP contribution in [0.4, 0.5) is 0 Å². The number of carbonyl (C=O) groups excluding carboxylic acids is 1. The maximum Gasteiger partial charge on any atom is 0.215 e. The molecule has 0 amide bonds. The van der Waals surface area contributed by atoms with E-state index in [1.807, 2.05) is 26.8 Å². The summed E-state index contributed by atoms with van der Waals surface area (Å²) in [5, 5.41) is 0. The zero-order chi connectivity index (χ0) is 10.7. The van der Waals surface area contributed by atoms with E-state index < -0.39 is 0 Å². The molecule has 0 bridgehead atoms. The molecular formula is C11H15NO2. The van der Waals surface area contributed by atoms with Crippen LogP contribution < -0.4 is 4.74 Å². The van der Waals surface area contributed by atoms with Crippen LogP contribution in [0.15, 0.2) is 12.3 Å². The summed E-state index contributed by atoms with van der Waals surface area (Å²) in [6, 6.07) is 1.81. The second-order valence-corrected chi connectivity index (χ2v) is 3.57. The third kappa shape index (κ3) is 2.10. The summed E-state index contributed by atoms with van der Waals surface area (Å²) in [5.41, 5.74) is 1.54. The van der Waals surface area contributed by atoms with Crippen molar-refractivity contribution in [3.63, 3.8) is 0 Å². The number of hydrogen-bond donors (Lipinski definition) is 0. The molecular weight excluding hydrogens is 178 g/mol. The van der Waals surface area contributed by atoms with Gasteiger partial charge < -0.3 is 4.74 Å². The second kappa shape index (κ2) is 4.22. The van der Waals surface area contributed by atoms with Crippen LogP contribution in [0, 0.1) is 12.8 Å². The van der Waals surface area contributed by atoms with E-state index in [4.69, 9.17) is 4.74 Å². The lowest BCUT2D eigenvalue weighted by molar-refractivity contribution is 0.0939. The Labute approximate surface area is 84.1 Å². The van der Waals surface area contributed by atoms with Crippen LogP contribution in [0.3, 0.4) is 0 Å². The van der Waals surface area contributed by atoms with Gasteiger partial charge in [-0.25, -0.2) is 4.98 Å². The van der Waals surface area contributed by atoms with Crippen molar-refractivity contribution in [2.24, 2.45) is 5.92 Å². The van der Waals surface area contributed by atoms with Crippen LogP contribution in [0.1, 0.15) is 29.8 Å². The van der Waals surface area contributed by atoms with Crippen molar-refractivity contribution in [1.29, 1.82) is 0 Å². The summed E-state index contributed by atoms with van der Waals surface area (Å²) in [6.45, 7) is 5.63. The minimum Gasteiger partial charge on any atom is -0.481 e. The summed E-state index contributed by atoms with van der Waals surface area (Å²) in [6.07, 6.45) is 1.56. The first-order chi connectivity index (χ1) is 6.56. The number of carbonyl (C=O) groups is 1. The third-order valence-corrected chi connectivity index (χ3v) is 2.03. The summed E-state index contributed by atoms with van der Waals surface area (Å²) in [5.74, 6) is 0.693. The number of methoxy groups -OCH3 is 1. The quantitative estimate of drug-likeness (QED) is 0.691. The van der Waals surface area contributed by atoms with Gasteiger partial charge in [0.05, 0.1) is 7.11 Å². The highest BCUT2D eigenvalue weighted by atomic mass is 16.5. The largest absolute Gasteiger partial charge is 0.481 e. The summed E-state index contributed by atoms with van der Waals surface area (Å²) in [4.78, 5) is 15.7. The molecule has 1 heterocycles. The molecule has 1 rings (SSSR count). The predicted octanol–water partition coefficient (Wildman–Crippen LogP) is 2.24. The summed E-state index contributed by atoms with van der Waals surface area (Å²) in [7, 11) is 1.57. The van der Waals surface area contributed by atoms with Crippen molar-refractivity contribution < 1.29 is 9.53 Å². The van der Waals surface area contributed by atoms with Crippen LogP contribution in [0.2, 0.25) is 0 Å². The number of aromatic nitrogens is 1. The molecule has 0 spiro atoms. The van der Waals surface area contributed by atoms with E-state index in [1.165, 1.54) is 0 Å². The van der Waals surface area contributed by atoms with Gasteiger partial charge in [-0.2, -0.15) is 0 Å². The Kier molecular flexibility index (Phi) is 3.23. The first kappa shape index (κ1) is 10.7. The van der Waals surface area contributed by atoms with Crippen molar-refractivity contribution >= 4 is 5.78 Å². The number of rotatable bonds is 3. The zero-order valence-electron chi connectivity index (χ0n) is 9.00. The van der Waals surface area contributed by atoms with Gasteiger partial charge in [-0.1, -0.05) is 13.8 Å². The molecule has 0 aliphatic heterocycles. The van der Waals surface area contributed by atoms with Crippen LogP contribution in [0.25, 0.3) is 0 Å². The number of pyridine rings is 1. The predicted molar refractivity (Wildman–Crippen MR) is 54.7 cm³/mol. The molecule has 0 fully saturated rings. The SMILES string of the molecule is COc1ncc(C(=O)C(C)C)cc1C. The van der Waals surface area contributed by atoms with E-state index in [0.717, 1.165) is 5.56 Å². The molecule has 0 aliphatic rings. The fraction of sp³-hybridized carbons (Fsp3) is 0.455. The molecule has 0 aliphatic carbocycles. The Morgan fingerprint density at radius 2 is 2.14 bits per heavy atom. The average Bonchev–Trinajstić information content (AvgIpc) is 2.16. The van der Waals surface area contributed by atoms with E-state index in [9.17, 15) is 4.79 Å². The van der Waals surface area contributed by atoms with Gasteiger partial charge in [0, 0.05) is 23.2 Å². The monoisotopic (exact) mass is 193 g/mol. The van der Waals surface area contributed by atoms with E-state index in [0.29, 0.717) is 11.4 Å². The van der Waals surface area contributed by atoms with Gasteiger partial charge in [-0.05, 0) is 13.0 Å². The summed E-state index contributed by atoms with van der Waals surface area (Å²) < 4.78 is 5.02. The standard InChI is InChI=1S/C11H15NO2/c1-7(2)10(13)9-5-8(3)11(14-4)12-6-9/h5-7H,1-4H3. The highest BCUT2D eigenvalue weighted by molar-refractivity contribution is 5.97. The fourth-order valence-corrected chi connectivity index (χ4v) is 1.24. The van der Waals surface area contributed by atoms with Crippen molar-refractivity contribution in [3.8, 4) is 5.88 Å². The van der Waals surface area contributed by atoms with Crippen molar-refractivity contribution in [2.75, 3.05) is 7.11 Å². The minimum atomic E-state index is 0.00425. The molecule has 14 heavy (non-hydrogen) atoms. The van der Waals surface area contributed by atoms with Gasteiger partial charge in [0.15, 0.2) is 5.78 Å². The molecule has 0 unspecified atom stereocenters. The van der Waals surface area contributed by atoms with Gasteiger partial charge in [-0.15, -0.1) is 0 Å². The molecule has 0 saturated heterocycles. The molecule has 0 aromatic carbocycles. The van der Waals surface area contributed by atoms with Gasteiger partial charge in [0.25, 0.3) is 0 Å². The molecule has 0 N–H and O–H groups in total. The third-order valence-electron chi connectivity index (χ3n) is 2.03. The zero-order valence-corrected chi connectivity index (χ0v) is 9.00. The minimum absolute atomic E-state index is 0.00425. The van der Waals surface area contributed by atoms with Gasteiger partial charge in [-0.3, -0.25) is 4.79 Å². The second-order valence-electron chi connectivity index (χ2n) is 3.57. The van der Waals surface area contributed by atoms with E-state index in [1.54, 1.807) is 13.3 Å².